The maximum Gasteiger partial charge on any atom is 0.162 e. The van der Waals surface area contributed by atoms with Crippen LogP contribution in [-0.4, -0.2) is 10.2 Å². The Labute approximate surface area is 71.5 Å². The number of hydrogen-bond donors (Lipinski definition) is 3. The molecule has 0 saturated carbocycles. The van der Waals surface area contributed by atoms with Gasteiger partial charge in [0.25, 0.3) is 0 Å². The normalized spacial score (nSPS) is 12.9. The van der Waals surface area contributed by atoms with Gasteiger partial charge in [0, 0.05) is 11.6 Å². The minimum atomic E-state index is -0.267. The SMILES string of the molecule is Cc1ccc(C(C)N)c(O)c1O. The lowest BCUT2D eigenvalue weighted by atomic mass is 10.0. The second-order valence-electron chi connectivity index (χ2n) is 2.96. The fraction of sp³-hybridized carbons (Fsp3) is 0.333. The minimum Gasteiger partial charge on any atom is -0.504 e. The van der Waals surface area contributed by atoms with Crippen LogP contribution in [0.5, 0.6) is 11.5 Å². The summed E-state index contributed by atoms with van der Waals surface area (Å²) in [6, 6.07) is 3.18. The summed E-state index contributed by atoms with van der Waals surface area (Å²) in [6.45, 7) is 3.48. The second-order valence-corrected chi connectivity index (χ2v) is 2.96. The zero-order chi connectivity index (χ0) is 9.30. The molecule has 12 heavy (non-hydrogen) atoms. The van der Waals surface area contributed by atoms with E-state index < -0.39 is 0 Å². The number of hydrogen-bond acceptors (Lipinski definition) is 3. The molecule has 1 rings (SSSR count). The van der Waals surface area contributed by atoms with Gasteiger partial charge in [0.05, 0.1) is 0 Å². The Balaban J connectivity index is 3.27. The highest BCUT2D eigenvalue weighted by atomic mass is 16.3. The lowest BCUT2D eigenvalue weighted by Gasteiger charge is -2.10. The van der Waals surface area contributed by atoms with E-state index in [1.807, 2.05) is 0 Å². The summed E-state index contributed by atoms with van der Waals surface area (Å²) >= 11 is 0. The fourth-order valence-electron chi connectivity index (χ4n) is 1.06. The molecule has 0 fully saturated rings. The van der Waals surface area contributed by atoms with Gasteiger partial charge in [-0.15, -0.1) is 0 Å². The molecular weight excluding hydrogens is 154 g/mol. The predicted molar refractivity (Wildman–Crippen MR) is 47.1 cm³/mol. The molecule has 1 atom stereocenters. The van der Waals surface area contributed by atoms with Crippen LogP contribution in [0.3, 0.4) is 0 Å². The zero-order valence-corrected chi connectivity index (χ0v) is 7.20. The molecule has 1 aromatic carbocycles. The Morgan fingerprint density at radius 2 is 1.83 bits per heavy atom. The van der Waals surface area contributed by atoms with E-state index in [-0.39, 0.29) is 17.5 Å². The van der Waals surface area contributed by atoms with Crippen LogP contribution < -0.4 is 5.73 Å². The number of rotatable bonds is 1. The molecule has 0 radical (unpaired) electrons. The lowest BCUT2D eigenvalue weighted by molar-refractivity contribution is 0.394. The van der Waals surface area contributed by atoms with Gasteiger partial charge in [0.2, 0.25) is 0 Å². The topological polar surface area (TPSA) is 66.5 Å². The molecule has 0 saturated heterocycles. The highest BCUT2D eigenvalue weighted by Gasteiger charge is 2.11. The number of benzene rings is 1. The van der Waals surface area contributed by atoms with E-state index in [9.17, 15) is 10.2 Å². The largest absolute Gasteiger partial charge is 0.504 e. The molecule has 0 heterocycles. The van der Waals surface area contributed by atoms with E-state index in [1.54, 1.807) is 26.0 Å². The first kappa shape index (κ1) is 8.87. The molecule has 0 amide bonds. The zero-order valence-electron chi connectivity index (χ0n) is 7.20. The van der Waals surface area contributed by atoms with Gasteiger partial charge in [0.1, 0.15) is 0 Å². The molecule has 1 unspecified atom stereocenters. The standard InChI is InChI=1S/C9H13NO2/c1-5-3-4-7(6(2)10)9(12)8(5)11/h3-4,6,11-12H,10H2,1-2H3. The molecule has 0 spiro atoms. The molecular formula is C9H13NO2. The average Bonchev–Trinajstić information content (AvgIpc) is 2.00. The van der Waals surface area contributed by atoms with Crippen molar-refractivity contribution in [3.05, 3.63) is 23.3 Å². The van der Waals surface area contributed by atoms with Crippen molar-refractivity contribution in [2.24, 2.45) is 5.73 Å². The summed E-state index contributed by atoms with van der Waals surface area (Å²) < 4.78 is 0. The van der Waals surface area contributed by atoms with Crippen LogP contribution in [0.25, 0.3) is 0 Å². The Morgan fingerprint density at radius 1 is 1.25 bits per heavy atom. The Bertz CT molecular complexity index is 295. The second kappa shape index (κ2) is 3.03. The van der Waals surface area contributed by atoms with Crippen LogP contribution >= 0.6 is 0 Å². The third kappa shape index (κ3) is 1.36. The summed E-state index contributed by atoms with van der Waals surface area (Å²) in [5, 5.41) is 18.7. The van der Waals surface area contributed by atoms with Gasteiger partial charge in [0.15, 0.2) is 11.5 Å². The summed E-state index contributed by atoms with van der Waals surface area (Å²) in [5.41, 5.74) is 6.78. The first-order chi connectivity index (χ1) is 5.54. The smallest absolute Gasteiger partial charge is 0.162 e. The number of aromatic hydroxyl groups is 2. The summed E-state index contributed by atoms with van der Waals surface area (Å²) in [5.74, 6) is -0.185. The summed E-state index contributed by atoms with van der Waals surface area (Å²) in [6.07, 6.45) is 0. The van der Waals surface area contributed by atoms with Gasteiger partial charge in [-0.3, -0.25) is 0 Å². The van der Waals surface area contributed by atoms with Gasteiger partial charge in [-0.25, -0.2) is 0 Å². The minimum absolute atomic E-state index is 0.0789. The lowest BCUT2D eigenvalue weighted by Crippen LogP contribution is -2.05. The Morgan fingerprint density at radius 3 is 2.33 bits per heavy atom. The van der Waals surface area contributed by atoms with Crippen molar-refractivity contribution in [1.29, 1.82) is 0 Å². The van der Waals surface area contributed by atoms with E-state index in [0.29, 0.717) is 11.1 Å². The molecule has 0 aliphatic rings. The number of nitrogens with two attached hydrogens (primary N) is 1. The predicted octanol–water partition coefficient (Wildman–Crippen LogP) is 1.43. The van der Waals surface area contributed by atoms with Crippen LogP contribution in [0.2, 0.25) is 0 Å². The van der Waals surface area contributed by atoms with E-state index in [2.05, 4.69) is 0 Å². The van der Waals surface area contributed by atoms with Crippen LogP contribution in [0, 0.1) is 6.92 Å². The Hall–Kier alpha value is -1.22. The van der Waals surface area contributed by atoms with Gasteiger partial charge in [-0.2, -0.15) is 0 Å². The number of phenols is 2. The van der Waals surface area contributed by atoms with Crippen molar-refractivity contribution in [3.8, 4) is 11.5 Å². The van der Waals surface area contributed by atoms with Crippen LogP contribution in [0.4, 0.5) is 0 Å². The maximum absolute atomic E-state index is 9.42. The first-order valence-corrected chi connectivity index (χ1v) is 3.81. The first-order valence-electron chi connectivity index (χ1n) is 3.81. The average molecular weight is 167 g/mol. The van der Waals surface area contributed by atoms with Gasteiger partial charge >= 0.3 is 0 Å². The molecule has 0 aromatic heterocycles. The van der Waals surface area contributed by atoms with Crippen LogP contribution in [0.15, 0.2) is 12.1 Å². The Kier molecular flexibility index (Phi) is 2.24. The van der Waals surface area contributed by atoms with Crippen molar-refractivity contribution in [2.45, 2.75) is 19.9 Å². The monoisotopic (exact) mass is 167 g/mol. The molecule has 3 nitrogen and oxygen atoms in total. The molecule has 0 aliphatic heterocycles. The van der Waals surface area contributed by atoms with Gasteiger partial charge in [-0.1, -0.05) is 12.1 Å². The molecule has 0 aliphatic carbocycles. The molecule has 3 heteroatoms. The third-order valence-electron chi connectivity index (χ3n) is 1.87. The van der Waals surface area contributed by atoms with Crippen molar-refractivity contribution in [3.63, 3.8) is 0 Å². The van der Waals surface area contributed by atoms with Crippen LogP contribution in [0.1, 0.15) is 24.1 Å². The van der Waals surface area contributed by atoms with Gasteiger partial charge < -0.3 is 15.9 Å². The van der Waals surface area contributed by atoms with E-state index in [4.69, 9.17) is 5.73 Å². The molecule has 66 valence electrons. The van der Waals surface area contributed by atoms with Crippen molar-refractivity contribution in [2.75, 3.05) is 0 Å². The number of aryl methyl sites for hydroxylation is 1. The maximum atomic E-state index is 9.42. The van der Waals surface area contributed by atoms with Gasteiger partial charge in [-0.05, 0) is 19.4 Å². The van der Waals surface area contributed by atoms with Crippen molar-refractivity contribution in [1.82, 2.24) is 0 Å². The molecule has 1 aromatic rings. The summed E-state index contributed by atoms with van der Waals surface area (Å²) in [7, 11) is 0. The van der Waals surface area contributed by atoms with Crippen LogP contribution in [-0.2, 0) is 0 Å². The summed E-state index contributed by atoms with van der Waals surface area (Å²) in [4.78, 5) is 0. The highest BCUT2D eigenvalue weighted by Crippen LogP contribution is 2.34. The van der Waals surface area contributed by atoms with E-state index >= 15 is 0 Å². The number of phenolic OH excluding ortho intramolecular Hbond substituents is 2. The van der Waals surface area contributed by atoms with E-state index in [0.717, 1.165) is 0 Å². The van der Waals surface area contributed by atoms with E-state index in [1.165, 1.54) is 0 Å². The molecule has 4 N–H and O–H groups in total. The van der Waals surface area contributed by atoms with Crippen molar-refractivity contribution >= 4 is 0 Å². The fourth-order valence-corrected chi connectivity index (χ4v) is 1.06. The highest BCUT2D eigenvalue weighted by molar-refractivity contribution is 5.50. The third-order valence-corrected chi connectivity index (χ3v) is 1.87. The van der Waals surface area contributed by atoms with Crippen molar-refractivity contribution < 1.29 is 10.2 Å². The quantitative estimate of drug-likeness (QED) is 0.554. The molecule has 0 bridgehead atoms.